The number of carbonyl (C=O) groups excluding carboxylic acids is 2. The van der Waals surface area contributed by atoms with E-state index in [1.54, 1.807) is 26.8 Å². The van der Waals surface area contributed by atoms with Crippen LogP contribution >= 0.6 is 0 Å². The van der Waals surface area contributed by atoms with Crippen LogP contribution in [0.15, 0.2) is 23.3 Å². The van der Waals surface area contributed by atoms with Crippen LogP contribution in [0.25, 0.3) is 0 Å². The molecule has 9 aliphatic rings. The number of rotatable bonds is 15. The number of aldehydes is 1. The molecule has 9 rings (SSSR count). The van der Waals surface area contributed by atoms with Gasteiger partial charge in [0.25, 0.3) is 0 Å². The summed E-state index contributed by atoms with van der Waals surface area (Å²) in [6.45, 7) is 13.3. The smallest absolute Gasteiger partial charge is 0.335 e. The molecule has 0 radical (unpaired) electrons. The molecule has 4 saturated heterocycles. The molecule has 0 aromatic rings. The average molecular weight is 1200 g/mol. The Balaban J connectivity index is 1.05. The summed E-state index contributed by atoms with van der Waals surface area (Å²) in [6.07, 6.45) is -32.2. The molecule has 5 aliphatic carbocycles. The van der Waals surface area contributed by atoms with E-state index in [1.807, 2.05) is 0 Å². The van der Waals surface area contributed by atoms with Crippen LogP contribution in [-0.2, 0) is 57.0 Å². The lowest BCUT2D eigenvalue weighted by Gasteiger charge is -2.72. The van der Waals surface area contributed by atoms with Gasteiger partial charge in [-0.1, -0.05) is 59.3 Å². The van der Waals surface area contributed by atoms with Gasteiger partial charge in [-0.05, 0) is 105 Å². The van der Waals surface area contributed by atoms with Gasteiger partial charge < -0.3 is 119 Å². The summed E-state index contributed by atoms with van der Waals surface area (Å²) in [5.41, 5.74) is -3.14. The first-order valence-electron chi connectivity index (χ1n) is 29.4. The fourth-order valence-corrected chi connectivity index (χ4v) is 16.9. The summed E-state index contributed by atoms with van der Waals surface area (Å²) < 4.78 is 54.3. The Labute approximate surface area is 487 Å². The maximum absolute atomic E-state index is 14.2. The topological polar surface area (TPSA) is 418 Å². The van der Waals surface area contributed by atoms with E-state index in [0.29, 0.717) is 44.1 Å². The van der Waals surface area contributed by atoms with Gasteiger partial charge in [0, 0.05) is 5.57 Å². The van der Waals surface area contributed by atoms with Gasteiger partial charge in [0.15, 0.2) is 31.3 Å². The van der Waals surface area contributed by atoms with Gasteiger partial charge in [0.2, 0.25) is 0 Å². The Kier molecular flexibility index (Phi) is 18.9. The molecule has 8 fully saturated rings. The number of allylic oxidation sites excluding steroid dienone is 3. The summed E-state index contributed by atoms with van der Waals surface area (Å²) in [4.78, 5) is 40.5. The third-order valence-corrected chi connectivity index (χ3v) is 22.1. The minimum Gasteiger partial charge on any atom is -0.479 e. The Morgan fingerprint density at radius 3 is 1.81 bits per heavy atom. The van der Waals surface area contributed by atoms with Crippen LogP contribution in [0.1, 0.15) is 107 Å². The van der Waals surface area contributed by atoms with Crippen LogP contribution in [0.4, 0.5) is 0 Å². The van der Waals surface area contributed by atoms with Crippen LogP contribution in [0.5, 0.6) is 0 Å². The molecule has 26 heteroatoms. The SMILES string of the molecule is CC=C(C)C(=O)OCC12C(O)CC(C)(C)CC1C1=CCC3C4(C)CCC(OC5OC(C(=O)O)C(O)C(OC6OCC(O)C(O)C6OC6OC(CO)C(O)C(O)C6O)C5OC5OC(CO)C(O)C(O)C5O)C(C)(C=O)C4CCC3(C)C1(C)CC2O. The highest BCUT2D eigenvalue weighted by molar-refractivity contribution is 5.87. The minimum absolute atomic E-state index is 0.103. The predicted molar refractivity (Wildman–Crippen MR) is 284 cm³/mol. The molecule has 0 amide bonds. The molecule has 26 nitrogen and oxygen atoms in total. The number of ether oxygens (including phenoxy) is 9. The fraction of sp³-hybridized carbons (Fsp3) is 0.879. The number of aliphatic carboxylic acids is 1. The van der Waals surface area contributed by atoms with E-state index in [0.717, 1.165) is 11.9 Å². The van der Waals surface area contributed by atoms with Crippen LogP contribution in [0.3, 0.4) is 0 Å². The van der Waals surface area contributed by atoms with E-state index < -0.39 is 200 Å². The third kappa shape index (κ3) is 10.8. The van der Waals surface area contributed by atoms with E-state index >= 15 is 0 Å². The molecule has 0 spiro atoms. The predicted octanol–water partition coefficient (Wildman–Crippen LogP) is -2.19. The molecule has 0 bridgehead atoms. The number of carboxylic acids is 1. The van der Waals surface area contributed by atoms with Gasteiger partial charge in [0.1, 0.15) is 98.3 Å². The Bertz CT molecular complexity index is 2440. The van der Waals surface area contributed by atoms with E-state index in [1.165, 1.54) is 0 Å². The molecule has 84 heavy (non-hydrogen) atoms. The average Bonchev–Trinajstić information content (AvgIpc) is 0.700. The minimum atomic E-state index is -2.30. The standard InChI is InChI=1S/C58H90O26/c1-9-24(2)48(75)77-23-58-26(16-53(3,4)17-32(58)63)25-10-11-31-54(5)14-13-34(55(6,22-61)30(54)12-15-56(31,7)57(25,8)18-33(58)64)80-52-46(84-50-41(71)39(69)37(67)29(20-60)79-50)43(42(72)44(82-52)47(73)74)81-51-45(35(65)27(62)21-76-51)83-49-40(70)38(68)36(66)28(19-59)78-49/h9-10,22,26-46,49-52,59-60,62-72H,11-21,23H2,1-8H3,(H,73,74). The summed E-state index contributed by atoms with van der Waals surface area (Å²) in [5, 5.41) is 155. The molecule has 30 unspecified atom stereocenters. The first-order valence-corrected chi connectivity index (χ1v) is 29.4. The van der Waals surface area contributed by atoms with Crippen LogP contribution < -0.4 is 0 Å². The quantitative estimate of drug-likeness (QED) is 0.0272. The second-order valence-corrected chi connectivity index (χ2v) is 27.2. The van der Waals surface area contributed by atoms with Gasteiger partial charge in [0.05, 0.1) is 49.0 Å². The van der Waals surface area contributed by atoms with Crippen molar-refractivity contribution in [2.75, 3.05) is 26.4 Å². The van der Waals surface area contributed by atoms with Crippen molar-refractivity contribution < 1.29 is 129 Å². The second-order valence-electron chi connectivity index (χ2n) is 27.2. The first kappa shape index (κ1) is 65.7. The summed E-state index contributed by atoms with van der Waals surface area (Å²) in [6, 6.07) is 0. The first-order chi connectivity index (χ1) is 39.3. The monoisotopic (exact) mass is 1200 g/mol. The Morgan fingerprint density at radius 1 is 0.655 bits per heavy atom. The summed E-state index contributed by atoms with van der Waals surface area (Å²) in [7, 11) is 0. The van der Waals surface area contributed by atoms with Crippen molar-refractivity contribution in [3.05, 3.63) is 23.3 Å². The van der Waals surface area contributed by atoms with Gasteiger partial charge >= 0.3 is 11.9 Å². The number of carbonyl (C=O) groups is 3. The number of esters is 1. The van der Waals surface area contributed by atoms with Crippen LogP contribution in [-0.4, -0.2) is 251 Å². The molecule has 30 atom stereocenters. The lowest BCUT2D eigenvalue weighted by Crippen LogP contribution is -2.70. The second kappa shape index (κ2) is 24.2. The molecule has 4 aliphatic heterocycles. The van der Waals surface area contributed by atoms with Crippen LogP contribution in [0, 0.1) is 50.2 Å². The fourth-order valence-electron chi connectivity index (χ4n) is 16.9. The highest BCUT2D eigenvalue weighted by atomic mass is 16.8. The number of hydrogen-bond acceptors (Lipinski definition) is 25. The number of aliphatic hydroxyl groups is 13. The molecule has 4 heterocycles. The van der Waals surface area contributed by atoms with Crippen molar-refractivity contribution in [3.8, 4) is 0 Å². The molecule has 0 aromatic carbocycles. The van der Waals surface area contributed by atoms with Crippen molar-refractivity contribution >= 4 is 18.2 Å². The van der Waals surface area contributed by atoms with Gasteiger partial charge in [-0.15, -0.1) is 0 Å². The van der Waals surface area contributed by atoms with Crippen molar-refractivity contribution in [3.63, 3.8) is 0 Å². The number of carboxylic acid groups (broad SMARTS) is 1. The zero-order valence-corrected chi connectivity index (χ0v) is 48.8. The maximum atomic E-state index is 14.2. The normalized spacial score (nSPS) is 52.1. The lowest BCUT2D eigenvalue weighted by atomic mass is 9.33. The highest BCUT2D eigenvalue weighted by Crippen LogP contribution is 2.76. The van der Waals surface area contributed by atoms with Crippen molar-refractivity contribution in [2.24, 2.45) is 50.2 Å². The zero-order chi connectivity index (χ0) is 61.7. The lowest BCUT2D eigenvalue weighted by molar-refractivity contribution is -0.400. The zero-order valence-electron chi connectivity index (χ0n) is 48.8. The van der Waals surface area contributed by atoms with E-state index in [4.69, 9.17) is 42.6 Å². The Morgan fingerprint density at radius 2 is 1.24 bits per heavy atom. The number of fused-ring (bicyclic) bond motifs is 7. The van der Waals surface area contributed by atoms with Crippen molar-refractivity contribution in [1.29, 1.82) is 0 Å². The summed E-state index contributed by atoms with van der Waals surface area (Å²) in [5.74, 6) is -3.17. The van der Waals surface area contributed by atoms with Crippen molar-refractivity contribution in [1.82, 2.24) is 0 Å². The van der Waals surface area contributed by atoms with Crippen molar-refractivity contribution in [2.45, 2.75) is 242 Å². The largest absolute Gasteiger partial charge is 0.479 e. The molecule has 478 valence electrons. The molecule has 0 aromatic heterocycles. The summed E-state index contributed by atoms with van der Waals surface area (Å²) >= 11 is 0. The number of aliphatic hydroxyl groups excluding tert-OH is 13. The van der Waals surface area contributed by atoms with Crippen LogP contribution in [0.2, 0.25) is 0 Å². The molecular formula is C58H90O26. The maximum Gasteiger partial charge on any atom is 0.335 e. The van der Waals surface area contributed by atoms with E-state index in [9.17, 15) is 85.9 Å². The highest BCUT2D eigenvalue weighted by Gasteiger charge is 2.72. The Hall–Kier alpha value is -2.75. The van der Waals surface area contributed by atoms with Gasteiger partial charge in [-0.2, -0.15) is 0 Å². The molecule has 4 saturated carbocycles. The molecule has 14 N–H and O–H groups in total. The third-order valence-electron chi connectivity index (χ3n) is 22.1. The van der Waals surface area contributed by atoms with E-state index in [2.05, 4.69) is 40.7 Å². The molecular weight excluding hydrogens is 1110 g/mol. The number of hydrogen-bond donors (Lipinski definition) is 14. The van der Waals surface area contributed by atoms with Gasteiger partial charge in [-0.3, -0.25) is 0 Å². The van der Waals surface area contributed by atoms with E-state index in [-0.39, 0.29) is 36.7 Å². The van der Waals surface area contributed by atoms with Gasteiger partial charge in [-0.25, -0.2) is 9.59 Å².